The Balaban J connectivity index is 1.76. The lowest BCUT2D eigenvalue weighted by molar-refractivity contribution is -0.157. The van der Waals surface area contributed by atoms with Gasteiger partial charge >= 0.3 is 5.97 Å². The van der Waals surface area contributed by atoms with E-state index in [1.807, 2.05) is 4.90 Å². The second-order valence-electron chi connectivity index (χ2n) is 8.31. The van der Waals surface area contributed by atoms with Gasteiger partial charge in [-0.2, -0.15) is 0 Å². The highest BCUT2D eigenvalue weighted by Crippen LogP contribution is 2.53. The second kappa shape index (κ2) is 4.22. The standard InChI is InChI=1S/C16H25NO3/c1-15(2)6-10-7-16(3,8-15)9-17(10)13(18)11-4-5-12(11)14(19)20/h10-12H,4-9H2,1-3H3,(H,19,20). The fraction of sp³-hybridized carbons (Fsp3) is 0.875. The van der Waals surface area contributed by atoms with E-state index < -0.39 is 11.9 Å². The maximum atomic E-state index is 12.7. The Kier molecular flexibility index (Phi) is 2.93. The topological polar surface area (TPSA) is 57.6 Å². The molecule has 0 aromatic heterocycles. The summed E-state index contributed by atoms with van der Waals surface area (Å²) in [6.45, 7) is 7.68. The predicted octanol–water partition coefficient (Wildman–Crippen LogP) is 2.52. The van der Waals surface area contributed by atoms with Gasteiger partial charge in [0, 0.05) is 12.6 Å². The summed E-state index contributed by atoms with van der Waals surface area (Å²) >= 11 is 0. The Morgan fingerprint density at radius 1 is 1.10 bits per heavy atom. The zero-order valence-electron chi connectivity index (χ0n) is 12.7. The highest BCUT2D eigenvalue weighted by atomic mass is 16.4. The number of carboxylic acids is 1. The SMILES string of the molecule is CC1(C)CC2CC(C)(CN2C(=O)C2CCC2C(=O)O)C1. The summed E-state index contributed by atoms with van der Waals surface area (Å²) < 4.78 is 0. The Morgan fingerprint density at radius 3 is 2.30 bits per heavy atom. The van der Waals surface area contributed by atoms with E-state index in [0.29, 0.717) is 17.9 Å². The number of likely N-dealkylation sites (tertiary alicyclic amines) is 1. The Bertz CT molecular complexity index is 459. The predicted molar refractivity (Wildman–Crippen MR) is 75.1 cm³/mol. The molecule has 0 radical (unpaired) electrons. The van der Waals surface area contributed by atoms with E-state index >= 15 is 0 Å². The van der Waals surface area contributed by atoms with Crippen molar-refractivity contribution >= 4 is 11.9 Å². The van der Waals surface area contributed by atoms with Gasteiger partial charge in [0.25, 0.3) is 0 Å². The van der Waals surface area contributed by atoms with Crippen LogP contribution in [-0.4, -0.2) is 34.5 Å². The van der Waals surface area contributed by atoms with Crippen molar-refractivity contribution in [3.8, 4) is 0 Å². The molecule has 1 heterocycles. The first-order valence-corrected chi connectivity index (χ1v) is 7.74. The van der Waals surface area contributed by atoms with E-state index in [-0.39, 0.29) is 17.2 Å². The third kappa shape index (κ3) is 2.13. The zero-order valence-corrected chi connectivity index (χ0v) is 12.7. The van der Waals surface area contributed by atoms with Crippen LogP contribution in [0.3, 0.4) is 0 Å². The molecule has 0 aromatic rings. The molecule has 4 atom stereocenters. The van der Waals surface area contributed by atoms with Gasteiger partial charge in [0.15, 0.2) is 0 Å². The maximum Gasteiger partial charge on any atom is 0.307 e. The van der Waals surface area contributed by atoms with Crippen LogP contribution in [0.25, 0.3) is 0 Å². The van der Waals surface area contributed by atoms with Gasteiger partial charge in [-0.25, -0.2) is 0 Å². The highest BCUT2D eigenvalue weighted by molar-refractivity contribution is 5.86. The van der Waals surface area contributed by atoms with Crippen molar-refractivity contribution < 1.29 is 14.7 Å². The van der Waals surface area contributed by atoms with Gasteiger partial charge in [-0.3, -0.25) is 9.59 Å². The van der Waals surface area contributed by atoms with Crippen LogP contribution in [0, 0.1) is 22.7 Å². The monoisotopic (exact) mass is 279 g/mol. The van der Waals surface area contributed by atoms with E-state index in [2.05, 4.69) is 20.8 Å². The van der Waals surface area contributed by atoms with Crippen LogP contribution in [0.1, 0.15) is 52.9 Å². The minimum atomic E-state index is -0.802. The molecule has 2 bridgehead atoms. The van der Waals surface area contributed by atoms with Crippen molar-refractivity contribution in [1.82, 2.24) is 4.90 Å². The molecule has 3 aliphatic rings. The third-order valence-electron chi connectivity index (χ3n) is 5.61. The molecule has 0 aromatic carbocycles. The van der Waals surface area contributed by atoms with Crippen molar-refractivity contribution in [2.45, 2.75) is 58.9 Å². The van der Waals surface area contributed by atoms with Gasteiger partial charge < -0.3 is 10.0 Å². The average molecular weight is 279 g/mol. The summed E-state index contributed by atoms with van der Waals surface area (Å²) in [7, 11) is 0. The Hall–Kier alpha value is -1.06. The summed E-state index contributed by atoms with van der Waals surface area (Å²) in [5.41, 5.74) is 0.517. The van der Waals surface area contributed by atoms with Crippen LogP contribution in [0.4, 0.5) is 0 Å². The molecule has 4 heteroatoms. The van der Waals surface area contributed by atoms with Gasteiger partial charge in [-0.15, -0.1) is 0 Å². The molecule has 1 aliphatic heterocycles. The van der Waals surface area contributed by atoms with Crippen LogP contribution < -0.4 is 0 Å². The van der Waals surface area contributed by atoms with Gasteiger partial charge in [-0.1, -0.05) is 20.8 Å². The number of carbonyl (C=O) groups excluding carboxylic acids is 1. The summed E-state index contributed by atoms with van der Waals surface area (Å²) in [5, 5.41) is 9.15. The maximum absolute atomic E-state index is 12.7. The number of nitrogens with zero attached hydrogens (tertiary/aromatic N) is 1. The lowest BCUT2D eigenvalue weighted by Crippen LogP contribution is -2.48. The van der Waals surface area contributed by atoms with Gasteiger partial charge in [0.1, 0.15) is 0 Å². The minimum Gasteiger partial charge on any atom is -0.481 e. The summed E-state index contributed by atoms with van der Waals surface area (Å²) in [6, 6.07) is 0.325. The van der Waals surface area contributed by atoms with Crippen molar-refractivity contribution in [1.29, 1.82) is 0 Å². The fourth-order valence-corrected chi connectivity index (χ4v) is 5.02. The number of aliphatic carboxylic acids is 1. The van der Waals surface area contributed by atoms with Crippen molar-refractivity contribution in [2.24, 2.45) is 22.7 Å². The molecule has 20 heavy (non-hydrogen) atoms. The molecule has 1 saturated heterocycles. The number of hydrogen-bond acceptors (Lipinski definition) is 2. The smallest absolute Gasteiger partial charge is 0.307 e. The van der Waals surface area contributed by atoms with Crippen molar-refractivity contribution in [3.63, 3.8) is 0 Å². The Labute approximate surface area is 120 Å². The zero-order chi connectivity index (χ0) is 14.7. The summed E-state index contributed by atoms with van der Waals surface area (Å²) in [5.74, 6) is -1.40. The van der Waals surface area contributed by atoms with Crippen LogP contribution in [0.2, 0.25) is 0 Å². The van der Waals surface area contributed by atoms with Gasteiger partial charge in [0.05, 0.1) is 11.8 Å². The number of carbonyl (C=O) groups is 2. The fourth-order valence-electron chi connectivity index (χ4n) is 5.02. The van der Waals surface area contributed by atoms with E-state index in [9.17, 15) is 9.59 Å². The van der Waals surface area contributed by atoms with Crippen LogP contribution in [0.5, 0.6) is 0 Å². The molecule has 4 unspecified atom stereocenters. The molecule has 112 valence electrons. The molecule has 4 nitrogen and oxygen atoms in total. The van der Waals surface area contributed by atoms with Gasteiger partial charge in [0.2, 0.25) is 5.91 Å². The molecular weight excluding hydrogens is 254 g/mol. The molecular formula is C16H25NO3. The van der Waals surface area contributed by atoms with E-state index in [0.717, 1.165) is 32.2 Å². The van der Waals surface area contributed by atoms with Crippen molar-refractivity contribution in [3.05, 3.63) is 0 Å². The number of hydrogen-bond donors (Lipinski definition) is 1. The first-order valence-electron chi connectivity index (χ1n) is 7.74. The first kappa shape index (κ1) is 13.9. The number of fused-ring (bicyclic) bond motifs is 2. The Morgan fingerprint density at radius 2 is 1.75 bits per heavy atom. The molecule has 3 rings (SSSR count). The van der Waals surface area contributed by atoms with Crippen LogP contribution >= 0.6 is 0 Å². The average Bonchev–Trinajstić information content (AvgIpc) is 2.44. The normalized spacial score (nSPS) is 42.1. The van der Waals surface area contributed by atoms with Crippen molar-refractivity contribution in [2.75, 3.05) is 6.54 Å². The molecule has 1 N–H and O–H groups in total. The third-order valence-corrected chi connectivity index (χ3v) is 5.61. The number of carboxylic acid groups (broad SMARTS) is 1. The largest absolute Gasteiger partial charge is 0.481 e. The highest BCUT2D eigenvalue weighted by Gasteiger charge is 2.53. The molecule has 2 aliphatic carbocycles. The van der Waals surface area contributed by atoms with Gasteiger partial charge in [-0.05, 0) is 42.9 Å². The van der Waals surface area contributed by atoms with Crippen LogP contribution in [0.15, 0.2) is 0 Å². The van der Waals surface area contributed by atoms with E-state index in [1.165, 1.54) is 0 Å². The van der Waals surface area contributed by atoms with E-state index in [1.54, 1.807) is 0 Å². The quantitative estimate of drug-likeness (QED) is 0.845. The minimum absolute atomic E-state index is 0.107. The molecule has 0 spiro atoms. The van der Waals surface area contributed by atoms with E-state index in [4.69, 9.17) is 5.11 Å². The first-order chi connectivity index (χ1) is 9.21. The second-order valence-corrected chi connectivity index (χ2v) is 8.31. The lowest BCUT2D eigenvalue weighted by atomic mass is 9.65. The molecule has 2 saturated carbocycles. The van der Waals surface area contributed by atoms with Crippen LogP contribution in [-0.2, 0) is 9.59 Å². The number of amides is 1. The molecule has 3 fully saturated rings. The summed E-state index contributed by atoms with van der Waals surface area (Å²) in [6.07, 6.45) is 4.71. The number of rotatable bonds is 2. The molecule has 1 amide bonds. The lowest BCUT2D eigenvalue weighted by Gasteiger charge is -2.40. The summed E-state index contributed by atoms with van der Waals surface area (Å²) in [4.78, 5) is 25.9.